The van der Waals surface area contributed by atoms with E-state index in [1.54, 1.807) is 24.5 Å². The van der Waals surface area contributed by atoms with Gasteiger partial charge in [-0.05, 0) is 71.8 Å². The lowest BCUT2D eigenvalue weighted by Crippen LogP contribution is -2.59. The number of carbonyl (C=O) groups is 3. The average Bonchev–Trinajstić information content (AvgIpc) is 3.11. The van der Waals surface area contributed by atoms with Gasteiger partial charge in [0.15, 0.2) is 5.82 Å². The quantitative estimate of drug-likeness (QED) is 0.164. The molecule has 1 saturated carbocycles. The zero-order chi connectivity index (χ0) is 37.0. The Morgan fingerprint density at radius 3 is 2.00 bits per heavy atom. The molecule has 52 heavy (non-hydrogen) atoms. The van der Waals surface area contributed by atoms with Gasteiger partial charge in [0.05, 0.1) is 5.92 Å². The molecule has 1 aliphatic carbocycles. The van der Waals surface area contributed by atoms with Gasteiger partial charge < -0.3 is 15.3 Å². The molecule has 4 aromatic rings. The molecule has 1 atom stereocenters. The SMILES string of the molecule is CCCc1ccc(-c2ccc(-c3cnc(-c4ccc(C[C@H](NC(=O)C5CCC(C(C)(C)C)CC5)C(=O)N5CC(C(=O)O)C5)cc4)nc3)c(F)c2)cc1. The third-order valence-corrected chi connectivity index (χ3v) is 10.9. The number of carboxylic acid groups (broad SMARTS) is 1. The molecule has 2 fully saturated rings. The largest absolute Gasteiger partial charge is 0.481 e. The number of nitrogens with zero attached hydrogens (tertiary/aromatic N) is 3. The summed E-state index contributed by atoms with van der Waals surface area (Å²) in [6.45, 7) is 9.16. The lowest BCUT2D eigenvalue weighted by Gasteiger charge is -2.39. The zero-order valence-corrected chi connectivity index (χ0v) is 30.6. The minimum atomic E-state index is -0.919. The molecule has 1 aliphatic heterocycles. The maximum Gasteiger partial charge on any atom is 0.310 e. The van der Waals surface area contributed by atoms with Gasteiger partial charge in [-0.1, -0.05) is 94.8 Å². The van der Waals surface area contributed by atoms with Crippen molar-refractivity contribution >= 4 is 17.8 Å². The monoisotopic (exact) mass is 704 g/mol. The van der Waals surface area contributed by atoms with Crippen LogP contribution in [-0.4, -0.2) is 56.9 Å². The van der Waals surface area contributed by atoms with Gasteiger partial charge in [-0.25, -0.2) is 14.4 Å². The molecule has 0 unspecified atom stereocenters. The Bertz CT molecular complexity index is 1870. The van der Waals surface area contributed by atoms with Crippen molar-refractivity contribution in [3.8, 4) is 33.6 Å². The molecule has 272 valence electrons. The maximum atomic E-state index is 15.3. The van der Waals surface area contributed by atoms with Crippen LogP contribution in [0.15, 0.2) is 79.1 Å². The Balaban J connectivity index is 1.11. The Morgan fingerprint density at radius 2 is 1.42 bits per heavy atom. The van der Waals surface area contributed by atoms with Crippen LogP contribution in [0.4, 0.5) is 4.39 Å². The van der Waals surface area contributed by atoms with E-state index in [2.05, 4.69) is 55.1 Å². The number of aromatic nitrogens is 2. The normalized spacial score (nSPS) is 18.4. The van der Waals surface area contributed by atoms with E-state index in [0.29, 0.717) is 22.9 Å². The number of carbonyl (C=O) groups excluding carboxylic acids is 2. The van der Waals surface area contributed by atoms with Crippen LogP contribution in [0.2, 0.25) is 0 Å². The van der Waals surface area contributed by atoms with Gasteiger partial charge in [0.1, 0.15) is 11.9 Å². The molecule has 2 amide bonds. The van der Waals surface area contributed by atoms with Crippen molar-refractivity contribution in [2.24, 2.45) is 23.2 Å². The van der Waals surface area contributed by atoms with E-state index in [4.69, 9.17) is 0 Å². The van der Waals surface area contributed by atoms with Crippen LogP contribution in [0, 0.1) is 29.0 Å². The summed E-state index contributed by atoms with van der Waals surface area (Å²) < 4.78 is 15.3. The molecule has 2 heterocycles. The molecular weight excluding hydrogens is 655 g/mol. The minimum absolute atomic E-state index is 0.113. The van der Waals surface area contributed by atoms with E-state index in [1.807, 2.05) is 42.5 Å². The van der Waals surface area contributed by atoms with Crippen LogP contribution in [0.1, 0.15) is 70.9 Å². The lowest BCUT2D eigenvalue weighted by molar-refractivity contribution is -0.154. The van der Waals surface area contributed by atoms with Gasteiger partial charge in [0.2, 0.25) is 11.8 Å². The van der Waals surface area contributed by atoms with E-state index in [0.717, 1.165) is 60.8 Å². The molecule has 2 aliphatic rings. The van der Waals surface area contributed by atoms with Crippen molar-refractivity contribution < 1.29 is 23.9 Å². The predicted molar refractivity (Wildman–Crippen MR) is 201 cm³/mol. The molecule has 2 N–H and O–H groups in total. The summed E-state index contributed by atoms with van der Waals surface area (Å²) in [7, 11) is 0. The highest BCUT2D eigenvalue weighted by Gasteiger charge is 2.40. The van der Waals surface area contributed by atoms with Gasteiger partial charge in [-0.3, -0.25) is 14.4 Å². The number of aliphatic carboxylic acids is 1. The fraction of sp³-hybridized carbons (Fsp3) is 0.419. The fourth-order valence-electron chi connectivity index (χ4n) is 7.47. The Labute approximate surface area is 305 Å². The Kier molecular flexibility index (Phi) is 11.2. The van der Waals surface area contributed by atoms with E-state index in [-0.39, 0.29) is 48.5 Å². The van der Waals surface area contributed by atoms with Crippen molar-refractivity contribution in [1.29, 1.82) is 0 Å². The number of benzene rings is 3. The first-order valence-electron chi connectivity index (χ1n) is 18.5. The predicted octanol–water partition coefficient (Wildman–Crippen LogP) is 7.99. The fourth-order valence-corrected chi connectivity index (χ4v) is 7.47. The maximum absolute atomic E-state index is 15.3. The number of amides is 2. The molecule has 0 spiro atoms. The van der Waals surface area contributed by atoms with Crippen molar-refractivity contribution in [3.63, 3.8) is 0 Å². The first-order chi connectivity index (χ1) is 24.9. The van der Waals surface area contributed by atoms with E-state index < -0.39 is 17.9 Å². The van der Waals surface area contributed by atoms with Crippen LogP contribution in [0.3, 0.4) is 0 Å². The molecular formula is C43H49FN4O4. The van der Waals surface area contributed by atoms with Crippen LogP contribution >= 0.6 is 0 Å². The van der Waals surface area contributed by atoms with E-state index in [9.17, 15) is 19.5 Å². The molecule has 1 aromatic heterocycles. The summed E-state index contributed by atoms with van der Waals surface area (Å²) in [4.78, 5) is 49.0. The molecule has 6 rings (SSSR count). The standard InChI is InChI=1S/C43H49FN4O4/c1-5-6-27-7-11-29(12-8-27)32-17-20-36(37(44)22-32)33-23-45-39(46-24-33)30-13-9-28(10-14-30)21-38(41(50)48-25-34(26-48)42(51)52)47-40(49)31-15-18-35(19-16-31)43(2,3)4/h7-14,17,20,22-24,31,34-35,38H,5-6,15-16,18-19,21,25-26H2,1-4H3,(H,47,49)(H,51,52)/t31?,35?,38-/m0/s1. The van der Waals surface area contributed by atoms with Crippen LogP contribution in [0.5, 0.6) is 0 Å². The highest BCUT2D eigenvalue weighted by Crippen LogP contribution is 2.40. The summed E-state index contributed by atoms with van der Waals surface area (Å²) in [5, 5.41) is 12.4. The number of hydrogen-bond acceptors (Lipinski definition) is 5. The molecule has 0 bridgehead atoms. The highest BCUT2D eigenvalue weighted by molar-refractivity contribution is 5.90. The van der Waals surface area contributed by atoms with Crippen LogP contribution < -0.4 is 5.32 Å². The number of hydrogen-bond donors (Lipinski definition) is 2. The van der Waals surface area contributed by atoms with Gasteiger partial charge in [0, 0.05) is 54.5 Å². The van der Waals surface area contributed by atoms with Crippen molar-refractivity contribution in [2.45, 2.75) is 78.7 Å². The first-order valence-corrected chi connectivity index (χ1v) is 18.5. The molecule has 8 nitrogen and oxygen atoms in total. The van der Waals surface area contributed by atoms with Crippen LogP contribution in [0.25, 0.3) is 33.6 Å². The van der Waals surface area contributed by atoms with Crippen molar-refractivity contribution in [3.05, 3.63) is 96.1 Å². The third-order valence-electron chi connectivity index (χ3n) is 10.9. The van der Waals surface area contributed by atoms with E-state index in [1.165, 1.54) is 10.5 Å². The smallest absolute Gasteiger partial charge is 0.310 e. The first kappa shape index (κ1) is 36.9. The Morgan fingerprint density at radius 1 is 0.827 bits per heavy atom. The lowest BCUT2D eigenvalue weighted by atomic mass is 9.69. The van der Waals surface area contributed by atoms with Crippen molar-refractivity contribution in [1.82, 2.24) is 20.2 Å². The number of halogens is 1. The second-order valence-electron chi connectivity index (χ2n) is 15.6. The van der Waals surface area contributed by atoms with E-state index >= 15 is 4.39 Å². The van der Waals surface area contributed by atoms with Crippen molar-refractivity contribution in [2.75, 3.05) is 13.1 Å². The number of nitrogens with one attached hydrogen (secondary N) is 1. The summed E-state index contributed by atoms with van der Waals surface area (Å²) >= 11 is 0. The number of rotatable bonds is 11. The molecule has 0 radical (unpaired) electrons. The molecule has 9 heteroatoms. The van der Waals surface area contributed by atoms with Gasteiger partial charge in [0.25, 0.3) is 0 Å². The number of carboxylic acids is 1. The molecule has 1 saturated heterocycles. The summed E-state index contributed by atoms with van der Waals surface area (Å²) in [6.07, 6.45) is 9.14. The summed E-state index contributed by atoms with van der Waals surface area (Å²) in [5.74, 6) is -1.32. The third kappa shape index (κ3) is 8.57. The average molecular weight is 705 g/mol. The van der Waals surface area contributed by atoms with Gasteiger partial charge in [-0.15, -0.1) is 0 Å². The summed E-state index contributed by atoms with van der Waals surface area (Å²) in [5.41, 5.74) is 5.82. The highest BCUT2D eigenvalue weighted by atomic mass is 19.1. The zero-order valence-electron chi connectivity index (χ0n) is 30.6. The minimum Gasteiger partial charge on any atom is -0.481 e. The second kappa shape index (κ2) is 15.8. The number of aryl methyl sites for hydroxylation is 1. The van der Waals surface area contributed by atoms with Gasteiger partial charge >= 0.3 is 5.97 Å². The topological polar surface area (TPSA) is 112 Å². The second-order valence-corrected chi connectivity index (χ2v) is 15.6. The number of likely N-dealkylation sites (tertiary alicyclic amines) is 1. The van der Waals surface area contributed by atoms with Gasteiger partial charge in [-0.2, -0.15) is 0 Å². The van der Waals surface area contributed by atoms with Crippen LogP contribution in [-0.2, 0) is 27.2 Å². The summed E-state index contributed by atoms with van der Waals surface area (Å²) in [6, 6.07) is 20.1. The molecule has 3 aromatic carbocycles. The Hall–Kier alpha value is -4.92.